The summed E-state index contributed by atoms with van der Waals surface area (Å²) in [5.41, 5.74) is 7.67. The minimum absolute atomic E-state index is 0.354. The number of imidazole rings is 1. The summed E-state index contributed by atoms with van der Waals surface area (Å²) in [5, 5.41) is 4.08. The number of rotatable bonds is 4. The van der Waals surface area contributed by atoms with Crippen molar-refractivity contribution in [2.75, 3.05) is 0 Å². The van der Waals surface area contributed by atoms with Crippen LogP contribution in [0.2, 0.25) is 0 Å². The molecule has 0 bridgehead atoms. The van der Waals surface area contributed by atoms with Crippen LogP contribution in [-0.4, -0.2) is 4.98 Å². The Bertz CT molecular complexity index is 2120. The monoisotopic (exact) mass is 528 g/mol. The van der Waals surface area contributed by atoms with Gasteiger partial charge < -0.3 is 0 Å². The first-order valence-electron chi connectivity index (χ1n) is 15.2. The van der Waals surface area contributed by atoms with Crippen molar-refractivity contribution in [3.63, 3.8) is 0 Å². The summed E-state index contributed by atoms with van der Waals surface area (Å²) in [5.74, 6) is 1.76. The fraction of sp³-hybridized carbons (Fsp3) is 0.194. The van der Waals surface area contributed by atoms with Gasteiger partial charge in [0.05, 0.1) is 10.3 Å². The number of aromatic nitrogens is 2. The van der Waals surface area contributed by atoms with Gasteiger partial charge in [-0.05, 0) is 65.4 Å². The summed E-state index contributed by atoms with van der Waals surface area (Å²) in [6.07, 6.45) is 0. The third-order valence-corrected chi connectivity index (χ3v) is 9.14. The molecule has 0 fully saturated rings. The molecule has 0 aliphatic carbocycles. The van der Waals surface area contributed by atoms with Crippen LogP contribution in [0.5, 0.6) is 0 Å². The predicted molar refractivity (Wildman–Crippen MR) is 169 cm³/mol. The van der Waals surface area contributed by atoms with Crippen LogP contribution in [0.1, 0.15) is 60.3 Å². The zero-order valence-corrected chi connectivity index (χ0v) is 23.5. The SMILES string of the molecule is [2H]C([2H])([2H])c1cccc2cc3c(cc12)sc1c(-c2[nH]c4ccccc4[n+]2-c2c(C(C)C)cccc2C(C)C)cccc13. The summed E-state index contributed by atoms with van der Waals surface area (Å²) in [7, 11) is 0. The van der Waals surface area contributed by atoms with Crippen LogP contribution < -0.4 is 4.57 Å². The molecular weight excluding hydrogens is 492 g/mol. The van der Waals surface area contributed by atoms with Gasteiger partial charge in [-0.25, -0.2) is 4.98 Å². The van der Waals surface area contributed by atoms with E-state index < -0.39 is 6.85 Å². The molecule has 0 saturated carbocycles. The summed E-state index contributed by atoms with van der Waals surface area (Å²) in [6.45, 7) is 6.90. The van der Waals surface area contributed by atoms with Gasteiger partial charge in [0.1, 0.15) is 5.69 Å². The normalized spacial score (nSPS) is 13.6. The number of thiophene rings is 1. The van der Waals surface area contributed by atoms with Crippen LogP contribution in [-0.2, 0) is 0 Å². The maximum atomic E-state index is 8.10. The van der Waals surface area contributed by atoms with Crippen molar-refractivity contribution in [3.05, 3.63) is 108 Å². The molecule has 39 heavy (non-hydrogen) atoms. The highest BCUT2D eigenvalue weighted by molar-refractivity contribution is 7.26. The third kappa shape index (κ3) is 3.71. The number of aryl methyl sites for hydroxylation is 1. The van der Waals surface area contributed by atoms with Gasteiger partial charge in [0.25, 0.3) is 5.82 Å². The van der Waals surface area contributed by atoms with Gasteiger partial charge in [-0.15, -0.1) is 11.3 Å². The highest BCUT2D eigenvalue weighted by atomic mass is 32.1. The summed E-state index contributed by atoms with van der Waals surface area (Å²) in [4.78, 5) is 3.80. The largest absolute Gasteiger partial charge is 0.294 e. The van der Waals surface area contributed by atoms with E-state index in [0.717, 1.165) is 43.3 Å². The third-order valence-electron chi connectivity index (χ3n) is 7.94. The molecule has 192 valence electrons. The molecule has 0 aliphatic heterocycles. The van der Waals surface area contributed by atoms with Crippen LogP contribution in [0.15, 0.2) is 91.0 Å². The Hall–Kier alpha value is -3.95. The molecule has 0 saturated heterocycles. The molecule has 2 aromatic heterocycles. The molecule has 1 N–H and O–H groups in total. The van der Waals surface area contributed by atoms with E-state index in [1.165, 1.54) is 26.9 Å². The van der Waals surface area contributed by atoms with E-state index in [1.54, 1.807) is 17.4 Å². The van der Waals surface area contributed by atoms with Crippen LogP contribution >= 0.6 is 11.3 Å². The van der Waals surface area contributed by atoms with E-state index in [0.29, 0.717) is 17.4 Å². The lowest BCUT2D eigenvalue weighted by Crippen LogP contribution is -2.35. The smallest absolute Gasteiger partial charge is 0.236 e. The minimum atomic E-state index is -2.16. The Morgan fingerprint density at radius 3 is 2.26 bits per heavy atom. The second-order valence-corrected chi connectivity index (χ2v) is 12.1. The first-order chi connectivity index (χ1) is 20.1. The molecule has 3 heteroatoms. The second kappa shape index (κ2) is 9.07. The molecule has 7 aromatic rings. The number of nitrogens with one attached hydrogen (secondary N) is 1. The topological polar surface area (TPSA) is 19.7 Å². The summed E-state index contributed by atoms with van der Waals surface area (Å²) in [6, 6.07) is 31.6. The number of benzene rings is 5. The predicted octanol–water partition coefficient (Wildman–Crippen LogP) is 10.2. The van der Waals surface area contributed by atoms with Gasteiger partial charge in [-0.3, -0.25) is 0 Å². The van der Waals surface area contributed by atoms with Crippen LogP contribution in [0.4, 0.5) is 0 Å². The molecule has 5 aromatic carbocycles. The number of para-hydroxylation sites is 3. The standard InChI is InChI=1S/C36H32N2S/c1-21(2)25-13-9-14-26(22(3)4)34(25)38-32-18-7-6-17-31(32)37-36(38)28-16-10-15-27-30-19-24-12-8-11-23(5)29(24)20-33(30)39-35(27)28/h6-22H,1-5H3/p+1/i5D3. The van der Waals surface area contributed by atoms with E-state index >= 15 is 0 Å². The average molecular weight is 529 g/mol. The second-order valence-electron chi connectivity index (χ2n) is 11.1. The number of H-pyrrole nitrogens is 1. The molecule has 0 atom stereocenters. The summed E-state index contributed by atoms with van der Waals surface area (Å²) >= 11 is 1.74. The zero-order valence-electron chi connectivity index (χ0n) is 25.7. The van der Waals surface area contributed by atoms with E-state index in [-0.39, 0.29) is 0 Å². The number of hydrogen-bond donors (Lipinski definition) is 1. The molecule has 2 heterocycles. The molecule has 0 spiro atoms. The molecule has 0 aliphatic rings. The number of hydrogen-bond acceptors (Lipinski definition) is 1. The molecular formula is C36H33N2S+. The van der Waals surface area contributed by atoms with Gasteiger partial charge >= 0.3 is 0 Å². The van der Waals surface area contributed by atoms with Crippen molar-refractivity contribution in [1.82, 2.24) is 4.98 Å². The fourth-order valence-corrected chi connectivity index (χ4v) is 7.26. The van der Waals surface area contributed by atoms with Crippen molar-refractivity contribution in [2.24, 2.45) is 0 Å². The first kappa shape index (κ1) is 20.9. The van der Waals surface area contributed by atoms with E-state index in [9.17, 15) is 0 Å². The average Bonchev–Trinajstić information content (AvgIpc) is 3.52. The molecule has 7 rings (SSSR count). The number of fused-ring (bicyclic) bond motifs is 5. The minimum Gasteiger partial charge on any atom is -0.236 e. The van der Waals surface area contributed by atoms with Gasteiger partial charge in [-0.2, -0.15) is 4.57 Å². The quantitative estimate of drug-likeness (QED) is 0.219. The van der Waals surface area contributed by atoms with Crippen LogP contribution in [0.25, 0.3) is 59.1 Å². The molecule has 0 amide bonds. The van der Waals surface area contributed by atoms with Crippen molar-refractivity contribution in [1.29, 1.82) is 0 Å². The first-order valence-corrected chi connectivity index (χ1v) is 14.5. The highest BCUT2D eigenvalue weighted by Gasteiger charge is 2.29. The van der Waals surface area contributed by atoms with Gasteiger partial charge in [0.15, 0.2) is 11.0 Å². The van der Waals surface area contributed by atoms with Crippen LogP contribution in [0.3, 0.4) is 0 Å². The van der Waals surface area contributed by atoms with Gasteiger partial charge in [0.2, 0.25) is 0 Å². The Balaban J connectivity index is 1.58. The van der Waals surface area contributed by atoms with Crippen molar-refractivity contribution < 1.29 is 8.68 Å². The van der Waals surface area contributed by atoms with E-state index in [4.69, 9.17) is 4.11 Å². The zero-order chi connectivity index (χ0) is 29.3. The van der Waals surface area contributed by atoms with E-state index in [2.05, 4.69) is 110 Å². The Morgan fingerprint density at radius 2 is 1.49 bits per heavy atom. The van der Waals surface area contributed by atoms with E-state index in [1.807, 2.05) is 12.1 Å². The highest BCUT2D eigenvalue weighted by Crippen LogP contribution is 2.42. The molecule has 2 nitrogen and oxygen atoms in total. The van der Waals surface area contributed by atoms with Crippen molar-refractivity contribution in [2.45, 2.75) is 46.4 Å². The lowest BCUT2D eigenvalue weighted by atomic mass is 9.92. The number of nitrogens with zero attached hydrogens (tertiary/aromatic N) is 1. The lowest BCUT2D eigenvalue weighted by molar-refractivity contribution is -0.556. The van der Waals surface area contributed by atoms with Gasteiger partial charge in [-0.1, -0.05) is 88.4 Å². The van der Waals surface area contributed by atoms with Crippen molar-refractivity contribution in [3.8, 4) is 17.1 Å². The molecule has 0 radical (unpaired) electrons. The Morgan fingerprint density at radius 1 is 0.744 bits per heavy atom. The Kier molecular flexibility index (Phi) is 4.87. The maximum absolute atomic E-state index is 8.10. The fourth-order valence-electron chi connectivity index (χ4n) is 6.02. The molecule has 0 unspecified atom stereocenters. The lowest BCUT2D eigenvalue weighted by Gasteiger charge is -2.18. The summed E-state index contributed by atoms with van der Waals surface area (Å²) < 4.78 is 29.0. The number of aromatic amines is 1. The maximum Gasteiger partial charge on any atom is 0.294 e. The Labute approximate surface area is 237 Å². The van der Waals surface area contributed by atoms with Gasteiger partial charge in [0, 0.05) is 30.7 Å². The van der Waals surface area contributed by atoms with Crippen molar-refractivity contribution >= 4 is 53.3 Å². The van der Waals surface area contributed by atoms with Crippen LogP contribution in [0, 0.1) is 6.85 Å².